The van der Waals surface area contributed by atoms with Gasteiger partial charge < -0.3 is 10.2 Å². The number of rotatable bonds is 1. The molecule has 15 heavy (non-hydrogen) atoms. The van der Waals surface area contributed by atoms with Crippen molar-refractivity contribution < 1.29 is 4.39 Å². The Bertz CT molecular complexity index is 366. The molecule has 0 spiro atoms. The van der Waals surface area contributed by atoms with Crippen molar-refractivity contribution in [3.63, 3.8) is 0 Å². The van der Waals surface area contributed by atoms with Crippen molar-refractivity contribution in [1.82, 2.24) is 5.32 Å². The number of nitrogens with one attached hydrogen (secondary N) is 1. The number of hydrogen-bond acceptors (Lipinski definition) is 2. The molecule has 2 heterocycles. The van der Waals surface area contributed by atoms with Crippen molar-refractivity contribution in [2.45, 2.75) is 12.5 Å². The van der Waals surface area contributed by atoms with E-state index in [9.17, 15) is 4.39 Å². The first-order valence-electron chi connectivity index (χ1n) is 5.57. The maximum Gasteiger partial charge on any atom is 0.125 e. The smallest absolute Gasteiger partial charge is 0.125 e. The third kappa shape index (κ3) is 1.51. The lowest BCUT2D eigenvalue weighted by Crippen LogP contribution is -2.34. The van der Waals surface area contributed by atoms with Crippen LogP contribution >= 0.6 is 0 Å². The molecule has 2 aliphatic heterocycles. The molecule has 1 aromatic carbocycles. The van der Waals surface area contributed by atoms with E-state index in [1.807, 2.05) is 6.07 Å². The third-order valence-electron chi connectivity index (χ3n) is 3.59. The number of halogens is 1. The molecular formula is C12H15FN2. The Balaban J connectivity index is 1.88. The predicted molar refractivity (Wildman–Crippen MR) is 58.5 cm³/mol. The van der Waals surface area contributed by atoms with Gasteiger partial charge in [-0.2, -0.15) is 0 Å². The van der Waals surface area contributed by atoms with Gasteiger partial charge in [-0.3, -0.25) is 0 Å². The Labute approximate surface area is 89.1 Å². The van der Waals surface area contributed by atoms with Crippen LogP contribution in [0.4, 0.5) is 10.1 Å². The maximum absolute atomic E-state index is 13.1. The van der Waals surface area contributed by atoms with Crippen LogP contribution in [0.2, 0.25) is 0 Å². The standard InChI is InChI=1S/C12H15FN2/c13-10-2-1-3-11(6-10)15-5-4-9-7-14-8-12(9)15/h1-3,6,9,12,14H,4-5,7-8H2/t9-,12+/m0/s1. The fourth-order valence-electron chi connectivity index (χ4n) is 2.82. The van der Waals surface area contributed by atoms with Crippen molar-refractivity contribution in [1.29, 1.82) is 0 Å². The fourth-order valence-corrected chi connectivity index (χ4v) is 2.82. The van der Waals surface area contributed by atoms with Crippen molar-refractivity contribution in [3.8, 4) is 0 Å². The van der Waals surface area contributed by atoms with Gasteiger partial charge in [0.15, 0.2) is 0 Å². The van der Waals surface area contributed by atoms with Gasteiger partial charge in [0.2, 0.25) is 0 Å². The molecule has 0 aliphatic carbocycles. The van der Waals surface area contributed by atoms with Gasteiger partial charge in [-0.05, 0) is 30.5 Å². The molecule has 3 heteroatoms. The predicted octanol–water partition coefficient (Wildman–Crippen LogP) is 1.62. The van der Waals surface area contributed by atoms with Crippen molar-refractivity contribution in [2.75, 3.05) is 24.5 Å². The van der Waals surface area contributed by atoms with E-state index >= 15 is 0 Å². The van der Waals surface area contributed by atoms with Gasteiger partial charge in [0.1, 0.15) is 5.82 Å². The Morgan fingerprint density at radius 2 is 2.27 bits per heavy atom. The summed E-state index contributed by atoms with van der Waals surface area (Å²) < 4.78 is 13.1. The van der Waals surface area contributed by atoms with Crippen LogP contribution in [0.1, 0.15) is 6.42 Å². The van der Waals surface area contributed by atoms with Crippen molar-refractivity contribution in [3.05, 3.63) is 30.1 Å². The minimum absolute atomic E-state index is 0.137. The lowest BCUT2D eigenvalue weighted by Gasteiger charge is -2.25. The number of fused-ring (bicyclic) bond motifs is 1. The molecule has 2 saturated heterocycles. The molecule has 2 nitrogen and oxygen atoms in total. The maximum atomic E-state index is 13.1. The van der Waals surface area contributed by atoms with E-state index in [-0.39, 0.29) is 5.82 Å². The van der Waals surface area contributed by atoms with E-state index in [4.69, 9.17) is 0 Å². The molecule has 1 N–H and O–H groups in total. The van der Waals surface area contributed by atoms with Crippen LogP contribution in [0, 0.1) is 11.7 Å². The van der Waals surface area contributed by atoms with E-state index in [0.29, 0.717) is 6.04 Å². The average molecular weight is 206 g/mol. The molecule has 0 bridgehead atoms. The van der Waals surface area contributed by atoms with Crippen molar-refractivity contribution in [2.24, 2.45) is 5.92 Å². The highest BCUT2D eigenvalue weighted by Crippen LogP contribution is 2.31. The minimum atomic E-state index is -0.137. The minimum Gasteiger partial charge on any atom is -0.367 e. The molecule has 0 aromatic heterocycles. The van der Waals surface area contributed by atoms with Gasteiger partial charge in [0.25, 0.3) is 0 Å². The van der Waals surface area contributed by atoms with Gasteiger partial charge in [0.05, 0.1) is 0 Å². The second-order valence-electron chi connectivity index (χ2n) is 4.45. The molecule has 2 atom stereocenters. The summed E-state index contributed by atoms with van der Waals surface area (Å²) in [5.41, 5.74) is 1.03. The summed E-state index contributed by atoms with van der Waals surface area (Å²) >= 11 is 0. The summed E-state index contributed by atoms with van der Waals surface area (Å²) in [5, 5.41) is 3.40. The van der Waals surface area contributed by atoms with E-state index in [1.54, 1.807) is 12.1 Å². The summed E-state index contributed by atoms with van der Waals surface area (Å²) in [7, 11) is 0. The number of benzene rings is 1. The van der Waals surface area contributed by atoms with E-state index < -0.39 is 0 Å². The SMILES string of the molecule is Fc1cccc(N2CC[C@H]3CNC[C@H]32)c1. The van der Waals surface area contributed by atoms with E-state index in [0.717, 1.165) is 31.2 Å². The molecule has 80 valence electrons. The van der Waals surface area contributed by atoms with Gasteiger partial charge in [-0.25, -0.2) is 4.39 Å². The van der Waals surface area contributed by atoms with Crippen molar-refractivity contribution >= 4 is 5.69 Å². The summed E-state index contributed by atoms with van der Waals surface area (Å²) in [6, 6.07) is 7.52. The Morgan fingerprint density at radius 1 is 1.33 bits per heavy atom. The monoisotopic (exact) mass is 206 g/mol. The van der Waals surface area contributed by atoms with Gasteiger partial charge in [-0.15, -0.1) is 0 Å². The average Bonchev–Trinajstić information content (AvgIpc) is 2.77. The number of nitrogens with zero attached hydrogens (tertiary/aromatic N) is 1. The molecule has 0 radical (unpaired) electrons. The second kappa shape index (κ2) is 3.49. The summed E-state index contributed by atoms with van der Waals surface area (Å²) in [6.07, 6.45) is 1.23. The molecule has 3 rings (SSSR count). The largest absolute Gasteiger partial charge is 0.367 e. The summed E-state index contributed by atoms with van der Waals surface area (Å²) in [4.78, 5) is 2.34. The highest BCUT2D eigenvalue weighted by molar-refractivity contribution is 5.49. The first kappa shape index (κ1) is 9.16. The highest BCUT2D eigenvalue weighted by atomic mass is 19.1. The molecule has 1 aromatic rings. The Kier molecular flexibility index (Phi) is 2.13. The van der Waals surface area contributed by atoms with Crippen LogP contribution in [0.25, 0.3) is 0 Å². The molecule has 2 aliphatic rings. The summed E-state index contributed by atoms with van der Waals surface area (Å²) in [6.45, 7) is 3.23. The van der Waals surface area contributed by atoms with Crippen LogP contribution in [0.15, 0.2) is 24.3 Å². The molecule has 0 amide bonds. The molecular weight excluding hydrogens is 191 g/mol. The normalized spacial score (nSPS) is 29.5. The lowest BCUT2D eigenvalue weighted by molar-refractivity contribution is 0.577. The molecule has 0 unspecified atom stereocenters. The quantitative estimate of drug-likeness (QED) is 0.751. The van der Waals surface area contributed by atoms with Gasteiger partial charge in [0, 0.05) is 31.4 Å². The van der Waals surface area contributed by atoms with Crippen LogP contribution in [0.5, 0.6) is 0 Å². The Morgan fingerprint density at radius 3 is 3.13 bits per heavy atom. The second-order valence-corrected chi connectivity index (χ2v) is 4.45. The highest BCUT2D eigenvalue weighted by Gasteiger charge is 2.37. The van der Waals surface area contributed by atoms with Gasteiger partial charge in [-0.1, -0.05) is 6.07 Å². The number of anilines is 1. The zero-order valence-corrected chi connectivity index (χ0v) is 8.62. The molecule has 2 fully saturated rings. The lowest BCUT2D eigenvalue weighted by atomic mass is 10.1. The summed E-state index contributed by atoms with van der Waals surface area (Å²) in [5.74, 6) is 0.621. The van der Waals surface area contributed by atoms with Gasteiger partial charge >= 0.3 is 0 Å². The van der Waals surface area contributed by atoms with Crippen LogP contribution < -0.4 is 10.2 Å². The fraction of sp³-hybridized carbons (Fsp3) is 0.500. The number of hydrogen-bond donors (Lipinski definition) is 1. The van der Waals surface area contributed by atoms with Crippen LogP contribution in [-0.4, -0.2) is 25.7 Å². The topological polar surface area (TPSA) is 15.3 Å². The third-order valence-corrected chi connectivity index (χ3v) is 3.59. The first-order valence-corrected chi connectivity index (χ1v) is 5.57. The van der Waals surface area contributed by atoms with Crippen LogP contribution in [0.3, 0.4) is 0 Å². The molecule has 0 saturated carbocycles. The van der Waals surface area contributed by atoms with Crippen LogP contribution in [-0.2, 0) is 0 Å². The zero-order chi connectivity index (χ0) is 10.3. The van der Waals surface area contributed by atoms with E-state index in [2.05, 4.69) is 10.2 Å². The zero-order valence-electron chi connectivity index (χ0n) is 8.62. The van der Waals surface area contributed by atoms with E-state index in [1.165, 1.54) is 12.5 Å². The Hall–Kier alpha value is -1.09. The first-order chi connectivity index (χ1) is 7.34.